The molecule has 0 radical (unpaired) electrons. The average Bonchev–Trinajstić information content (AvgIpc) is 3.30. The van der Waals surface area contributed by atoms with Crippen LogP contribution in [-0.4, -0.2) is 48.5 Å². The van der Waals surface area contributed by atoms with Gasteiger partial charge in [-0.15, -0.1) is 0 Å². The first-order valence-electron chi connectivity index (χ1n) is 12.1. The molecule has 4 rings (SSSR count). The van der Waals surface area contributed by atoms with Crippen LogP contribution in [0.1, 0.15) is 29.8 Å². The molecule has 2 unspecified atom stereocenters. The highest BCUT2D eigenvalue weighted by molar-refractivity contribution is 7.77. The Morgan fingerprint density at radius 3 is 2.59 bits per heavy atom. The zero-order chi connectivity index (χ0) is 30.1. The molecule has 1 amide bonds. The van der Waals surface area contributed by atoms with Gasteiger partial charge in [0.1, 0.15) is 17.4 Å². The van der Waals surface area contributed by atoms with Crippen LogP contribution in [0.3, 0.4) is 0 Å². The topological polar surface area (TPSA) is 151 Å². The lowest BCUT2D eigenvalue weighted by molar-refractivity contribution is -0.142. The number of hydrazine groups is 1. The number of amides is 1. The third-order valence-corrected chi connectivity index (χ3v) is 6.43. The number of aromatic nitrogens is 3. The maximum absolute atomic E-state index is 13.6. The Balaban J connectivity index is 1.87. The van der Waals surface area contributed by atoms with E-state index in [-0.39, 0.29) is 35.1 Å². The smallest absolute Gasteiger partial charge is 0.409 e. The van der Waals surface area contributed by atoms with Crippen LogP contribution in [-0.2, 0) is 17.8 Å². The van der Waals surface area contributed by atoms with E-state index in [0.717, 1.165) is 22.7 Å². The first kappa shape index (κ1) is 29.7. The highest BCUT2D eigenvalue weighted by atomic mass is 32.2. The Morgan fingerprint density at radius 2 is 1.98 bits per heavy atom. The molecule has 16 heteroatoms. The number of hydrogen-bond donors (Lipinski definition) is 4. The van der Waals surface area contributed by atoms with E-state index < -0.39 is 40.5 Å². The van der Waals surface area contributed by atoms with Crippen LogP contribution in [0.25, 0.3) is 11.1 Å². The summed E-state index contributed by atoms with van der Waals surface area (Å²) in [6.45, 7) is 5.08. The first-order chi connectivity index (χ1) is 19.3. The van der Waals surface area contributed by atoms with E-state index in [4.69, 9.17) is 9.29 Å². The summed E-state index contributed by atoms with van der Waals surface area (Å²) in [7, 11) is 1.51. The van der Waals surface area contributed by atoms with Crippen LogP contribution in [0, 0.1) is 6.92 Å². The van der Waals surface area contributed by atoms with E-state index in [0.29, 0.717) is 11.4 Å². The van der Waals surface area contributed by atoms with Gasteiger partial charge in [-0.05, 0) is 50.6 Å². The molecule has 2 aromatic heterocycles. The Morgan fingerprint density at radius 1 is 1.24 bits per heavy atom. The van der Waals surface area contributed by atoms with E-state index in [2.05, 4.69) is 20.7 Å². The molecule has 3 aromatic rings. The van der Waals surface area contributed by atoms with Gasteiger partial charge >= 0.3 is 6.18 Å². The van der Waals surface area contributed by atoms with Crippen molar-refractivity contribution < 1.29 is 31.5 Å². The van der Waals surface area contributed by atoms with Crippen molar-refractivity contribution in [3.63, 3.8) is 0 Å². The lowest BCUT2D eigenvalue weighted by Gasteiger charge is -2.25. The molecule has 218 valence electrons. The predicted octanol–water partition coefficient (Wildman–Crippen LogP) is 3.41. The number of allylic oxidation sites excluding steroid dienone is 1. The van der Waals surface area contributed by atoms with Crippen molar-refractivity contribution in [1.29, 1.82) is 0 Å². The zero-order valence-electron chi connectivity index (χ0n) is 22.2. The fourth-order valence-corrected chi connectivity index (χ4v) is 4.45. The van der Waals surface area contributed by atoms with Crippen LogP contribution >= 0.6 is 0 Å². The van der Waals surface area contributed by atoms with Gasteiger partial charge in [0, 0.05) is 47.5 Å². The van der Waals surface area contributed by atoms with Gasteiger partial charge in [0.25, 0.3) is 22.7 Å². The van der Waals surface area contributed by atoms with Crippen LogP contribution in [0.4, 0.5) is 30.6 Å². The molecule has 1 aromatic carbocycles. The quantitative estimate of drug-likeness (QED) is 0.286. The van der Waals surface area contributed by atoms with Gasteiger partial charge in [0.05, 0.1) is 7.11 Å². The molecule has 0 bridgehead atoms. The Hall–Kier alpha value is -4.28. The monoisotopic (exact) mass is 593 g/mol. The van der Waals surface area contributed by atoms with Crippen LogP contribution in [0.15, 0.2) is 53.2 Å². The number of benzene rings is 1. The number of alkyl halides is 3. The van der Waals surface area contributed by atoms with Crippen molar-refractivity contribution in [2.24, 2.45) is 0 Å². The molecule has 12 nitrogen and oxygen atoms in total. The van der Waals surface area contributed by atoms with E-state index in [1.807, 2.05) is 13.0 Å². The second kappa shape index (κ2) is 11.7. The maximum Gasteiger partial charge on any atom is 0.409 e. The lowest BCUT2D eigenvalue weighted by Crippen LogP contribution is -2.45. The Labute approximate surface area is 234 Å². The highest BCUT2D eigenvalue weighted by Crippen LogP contribution is 2.35. The predicted molar refractivity (Wildman–Crippen MR) is 146 cm³/mol. The lowest BCUT2D eigenvalue weighted by atomic mass is 10.1. The molecule has 0 aliphatic carbocycles. The van der Waals surface area contributed by atoms with Gasteiger partial charge in [0.2, 0.25) is 5.95 Å². The van der Waals surface area contributed by atoms with E-state index in [9.17, 15) is 27.0 Å². The molecule has 0 spiro atoms. The molecule has 0 saturated heterocycles. The summed E-state index contributed by atoms with van der Waals surface area (Å²) in [6.07, 6.45) is -0.874. The fourth-order valence-electron chi connectivity index (χ4n) is 4.18. The summed E-state index contributed by atoms with van der Waals surface area (Å²) >= 11 is -2.74. The number of nitrogens with one attached hydrogen (secondary N) is 3. The van der Waals surface area contributed by atoms with Gasteiger partial charge in [-0.3, -0.25) is 19.2 Å². The molecule has 1 aliphatic heterocycles. The summed E-state index contributed by atoms with van der Waals surface area (Å²) in [5, 5.41) is 4.16. The van der Waals surface area contributed by atoms with Gasteiger partial charge in [-0.25, -0.2) is 19.3 Å². The number of rotatable bonds is 8. The number of nitrogens with zero attached hydrogens (tertiary/aromatic N) is 4. The largest absolute Gasteiger partial charge is 0.497 e. The average molecular weight is 594 g/mol. The molecule has 0 fully saturated rings. The third kappa shape index (κ3) is 6.55. The van der Waals surface area contributed by atoms with E-state index in [1.54, 1.807) is 23.8 Å². The van der Waals surface area contributed by atoms with Crippen molar-refractivity contribution in [2.45, 2.75) is 39.5 Å². The minimum absolute atomic E-state index is 0.0130. The van der Waals surface area contributed by atoms with Gasteiger partial charge in [-0.2, -0.15) is 18.2 Å². The molecular weight excluding hydrogens is 567 g/mol. The van der Waals surface area contributed by atoms with E-state index in [1.165, 1.54) is 31.0 Å². The van der Waals surface area contributed by atoms with Gasteiger partial charge in [0.15, 0.2) is 5.82 Å². The molecule has 4 N–H and O–H groups in total. The number of anilines is 3. The molecule has 0 saturated carbocycles. The van der Waals surface area contributed by atoms with Crippen LogP contribution in [0.2, 0.25) is 0 Å². The molecular formula is C25H26F3N7O5S. The number of methoxy groups -OCH3 is 1. The number of pyridine rings is 1. The number of carbonyl (C=O) groups is 1. The third-order valence-electron chi connectivity index (χ3n) is 6.07. The molecule has 3 heterocycles. The summed E-state index contributed by atoms with van der Waals surface area (Å²) in [5.41, 5.74) is 3.18. The fraction of sp³-hybridized carbons (Fsp3) is 0.280. The van der Waals surface area contributed by atoms with Crippen molar-refractivity contribution in [3.8, 4) is 16.9 Å². The summed E-state index contributed by atoms with van der Waals surface area (Å²) in [4.78, 5) is 34.1. The SMILES string of the molecule is CCn1cc(-c2cnc(Nc3cc(C)cc(OC)c3)nc2N2NC(C(F)(F)F)C=C2C)cc(C(=O)NS(=O)O)c1=O. The standard InChI is InChI=1S/C25H26F3N7O5S/c1-5-34-12-15(9-18(23(34)37)22(36)33-41(38)39)19-11-29-24(30-16-6-13(2)7-17(10-16)40-4)31-21(19)35-14(3)8-20(32-35)25(26,27)28/h6-12,20,32H,5H2,1-4H3,(H,33,36)(H,38,39)(H,29,30,31). The molecule has 2 atom stereocenters. The molecule has 41 heavy (non-hydrogen) atoms. The number of hydrogen-bond acceptors (Lipinski definition) is 9. The Kier molecular flexibility index (Phi) is 8.46. The summed E-state index contributed by atoms with van der Waals surface area (Å²) in [5.74, 6) is -0.518. The summed E-state index contributed by atoms with van der Waals surface area (Å²) < 4.78 is 69.2. The van der Waals surface area contributed by atoms with Crippen molar-refractivity contribution >= 4 is 34.6 Å². The van der Waals surface area contributed by atoms with Crippen molar-refractivity contribution in [3.05, 3.63) is 69.9 Å². The number of carbonyl (C=O) groups excluding carboxylic acids is 1. The number of aryl methyl sites for hydroxylation is 2. The minimum atomic E-state index is -4.59. The first-order valence-corrected chi connectivity index (χ1v) is 13.2. The van der Waals surface area contributed by atoms with Crippen LogP contribution < -0.4 is 30.8 Å². The highest BCUT2D eigenvalue weighted by Gasteiger charge is 2.43. The Bertz CT molecular complexity index is 1610. The zero-order valence-corrected chi connectivity index (χ0v) is 23.1. The second-order valence-electron chi connectivity index (χ2n) is 9.00. The van der Waals surface area contributed by atoms with Gasteiger partial charge in [-0.1, -0.05) is 0 Å². The van der Waals surface area contributed by atoms with Gasteiger partial charge < -0.3 is 14.6 Å². The summed E-state index contributed by atoms with van der Waals surface area (Å²) in [6, 6.07) is 4.46. The normalized spacial score (nSPS) is 15.9. The van der Waals surface area contributed by atoms with Crippen molar-refractivity contribution in [2.75, 3.05) is 17.4 Å². The maximum atomic E-state index is 13.6. The molecule has 1 aliphatic rings. The second-order valence-corrected chi connectivity index (χ2v) is 9.70. The van der Waals surface area contributed by atoms with Crippen LogP contribution in [0.5, 0.6) is 5.75 Å². The number of ether oxygens (including phenoxy) is 1. The minimum Gasteiger partial charge on any atom is -0.497 e. The van der Waals surface area contributed by atoms with Crippen molar-refractivity contribution in [1.82, 2.24) is 24.7 Å². The van der Waals surface area contributed by atoms with E-state index >= 15 is 0 Å². The number of halogens is 3.